The van der Waals surface area contributed by atoms with E-state index in [0.717, 1.165) is 12.1 Å². The van der Waals surface area contributed by atoms with Crippen molar-refractivity contribution in [3.63, 3.8) is 0 Å². The van der Waals surface area contributed by atoms with E-state index in [0.29, 0.717) is 53.3 Å². The van der Waals surface area contributed by atoms with Crippen molar-refractivity contribution < 1.29 is 37.0 Å². The maximum Gasteiger partial charge on any atom is 0.416 e. The molecule has 0 bridgehead atoms. The summed E-state index contributed by atoms with van der Waals surface area (Å²) in [4.78, 5) is 27.8. The maximum absolute atomic E-state index is 13.4. The molecule has 0 aromatic heterocycles. The normalized spacial score (nSPS) is 18.6. The molecule has 0 fully saturated rings. The minimum atomic E-state index is -4.55. The summed E-state index contributed by atoms with van der Waals surface area (Å²) in [6.45, 7) is 0. The minimum absolute atomic E-state index is 0.0970. The Hall–Kier alpha value is -3.49. The number of carbonyl (C=O) groups is 2. The molecule has 6 nitrogen and oxygen atoms in total. The van der Waals surface area contributed by atoms with Gasteiger partial charge in [-0.3, -0.25) is 14.5 Å². The van der Waals surface area contributed by atoms with Gasteiger partial charge in [0.05, 0.1) is 26.9 Å². The third-order valence-corrected chi connectivity index (χ3v) is 6.22. The number of amides is 1. The van der Waals surface area contributed by atoms with Crippen LogP contribution in [0.3, 0.4) is 0 Å². The van der Waals surface area contributed by atoms with Gasteiger partial charge in [-0.25, -0.2) is 0 Å². The molecular weight excluding hydrogens is 451 g/mol. The molecule has 34 heavy (non-hydrogen) atoms. The fourth-order valence-corrected chi connectivity index (χ4v) is 4.78. The van der Waals surface area contributed by atoms with Crippen molar-refractivity contribution in [2.24, 2.45) is 0 Å². The number of ketones is 1. The number of carbonyl (C=O) groups excluding carboxylic acids is 2. The SMILES string of the molecule is COc1ccc(C2CC(=O)N(c3cccc(C(F)(F)F)c3)C3=C2C(=O)CCC3)c(OC)c1OC. The number of halogens is 3. The van der Waals surface area contributed by atoms with Crippen LogP contribution in [-0.2, 0) is 15.8 Å². The number of methoxy groups -OCH3 is 3. The van der Waals surface area contributed by atoms with Gasteiger partial charge in [-0.1, -0.05) is 12.1 Å². The first-order valence-corrected chi connectivity index (χ1v) is 10.8. The summed E-state index contributed by atoms with van der Waals surface area (Å²) in [6, 6.07) is 8.02. The summed E-state index contributed by atoms with van der Waals surface area (Å²) in [7, 11) is 4.40. The predicted octanol–water partition coefficient (Wildman–Crippen LogP) is 5.26. The van der Waals surface area contributed by atoms with Crippen molar-refractivity contribution in [3.05, 3.63) is 58.8 Å². The average molecular weight is 475 g/mol. The standard InChI is InChI=1S/C25H24F3NO5/c1-32-20-11-10-16(23(33-2)24(20)34-3)17-13-21(31)29(18-8-5-9-19(30)22(17)18)15-7-4-6-14(12-15)25(26,27)28/h4,6-7,10-12,17H,5,8-9,13H2,1-3H3. The number of Topliss-reactive ketones (excluding diaryl/α,β-unsaturated/α-hetero) is 1. The molecular formula is C25H24F3NO5. The molecule has 1 heterocycles. The lowest BCUT2D eigenvalue weighted by Crippen LogP contribution is -2.40. The van der Waals surface area contributed by atoms with E-state index >= 15 is 0 Å². The van der Waals surface area contributed by atoms with Crippen LogP contribution in [0, 0.1) is 0 Å². The number of nitrogens with zero attached hydrogens (tertiary/aromatic N) is 1. The number of rotatable bonds is 5. The van der Waals surface area contributed by atoms with Gasteiger partial charge >= 0.3 is 6.18 Å². The highest BCUT2D eigenvalue weighted by atomic mass is 19.4. The zero-order valence-electron chi connectivity index (χ0n) is 19.0. The van der Waals surface area contributed by atoms with E-state index in [9.17, 15) is 22.8 Å². The Morgan fingerprint density at radius 3 is 2.32 bits per heavy atom. The third kappa shape index (κ3) is 3.99. The van der Waals surface area contributed by atoms with Gasteiger partial charge in [0, 0.05) is 41.3 Å². The quantitative estimate of drug-likeness (QED) is 0.591. The third-order valence-electron chi connectivity index (χ3n) is 6.22. The van der Waals surface area contributed by atoms with Crippen LogP contribution in [0.1, 0.15) is 42.7 Å². The zero-order chi connectivity index (χ0) is 24.6. The van der Waals surface area contributed by atoms with Gasteiger partial charge in [0.25, 0.3) is 0 Å². The van der Waals surface area contributed by atoms with Crippen LogP contribution in [0.4, 0.5) is 18.9 Å². The second kappa shape index (κ2) is 9.04. The van der Waals surface area contributed by atoms with Crippen LogP contribution in [0.5, 0.6) is 17.2 Å². The maximum atomic E-state index is 13.4. The lowest BCUT2D eigenvalue weighted by Gasteiger charge is -2.39. The fourth-order valence-electron chi connectivity index (χ4n) is 4.78. The first-order chi connectivity index (χ1) is 16.2. The number of ether oxygens (including phenoxy) is 3. The van der Waals surface area contributed by atoms with Crippen molar-refractivity contribution in [2.45, 2.75) is 37.8 Å². The molecule has 0 radical (unpaired) electrons. The van der Waals surface area contributed by atoms with E-state index in [1.807, 2.05) is 0 Å². The van der Waals surface area contributed by atoms with E-state index < -0.39 is 23.6 Å². The lowest BCUT2D eigenvalue weighted by atomic mass is 9.76. The van der Waals surface area contributed by atoms with Gasteiger partial charge in [-0.05, 0) is 37.1 Å². The molecule has 0 N–H and O–H groups in total. The number of anilines is 1. The molecule has 1 unspecified atom stereocenters. The Labute approximate surface area is 194 Å². The second-order valence-corrected chi connectivity index (χ2v) is 8.09. The molecule has 1 aliphatic heterocycles. The van der Waals surface area contributed by atoms with Crippen molar-refractivity contribution in [2.75, 3.05) is 26.2 Å². The molecule has 0 saturated heterocycles. The first kappa shape index (κ1) is 23.7. The molecule has 2 aromatic carbocycles. The van der Waals surface area contributed by atoms with Crippen molar-refractivity contribution in [1.82, 2.24) is 0 Å². The van der Waals surface area contributed by atoms with E-state index in [-0.39, 0.29) is 17.9 Å². The summed E-state index contributed by atoms with van der Waals surface area (Å²) in [6.07, 6.45) is -3.45. The largest absolute Gasteiger partial charge is 0.493 e. The highest BCUT2D eigenvalue weighted by Crippen LogP contribution is 2.50. The molecule has 4 rings (SSSR count). The Balaban J connectivity index is 1.89. The van der Waals surface area contributed by atoms with Crippen LogP contribution in [0.25, 0.3) is 0 Å². The summed E-state index contributed by atoms with van der Waals surface area (Å²) < 4.78 is 56.3. The number of hydrogen-bond donors (Lipinski definition) is 0. The van der Waals surface area contributed by atoms with Crippen molar-refractivity contribution >= 4 is 17.4 Å². The summed E-state index contributed by atoms with van der Waals surface area (Å²) in [5.74, 6) is -0.0349. The van der Waals surface area contributed by atoms with E-state index in [4.69, 9.17) is 14.2 Å². The van der Waals surface area contributed by atoms with Crippen molar-refractivity contribution in [1.29, 1.82) is 0 Å². The first-order valence-electron chi connectivity index (χ1n) is 10.8. The van der Waals surface area contributed by atoms with E-state index in [1.54, 1.807) is 12.1 Å². The molecule has 1 atom stereocenters. The van der Waals surface area contributed by atoms with Gasteiger partial charge in [-0.15, -0.1) is 0 Å². The van der Waals surface area contributed by atoms with Gasteiger partial charge in [0.2, 0.25) is 11.7 Å². The van der Waals surface area contributed by atoms with Gasteiger partial charge in [-0.2, -0.15) is 13.2 Å². The molecule has 2 aliphatic rings. The Morgan fingerprint density at radius 2 is 1.68 bits per heavy atom. The number of benzene rings is 2. The summed E-state index contributed by atoms with van der Waals surface area (Å²) in [5, 5.41) is 0. The van der Waals surface area contributed by atoms with Crippen LogP contribution >= 0.6 is 0 Å². The summed E-state index contributed by atoms with van der Waals surface area (Å²) >= 11 is 0. The minimum Gasteiger partial charge on any atom is -0.493 e. The van der Waals surface area contributed by atoms with Crippen LogP contribution in [0.2, 0.25) is 0 Å². The monoisotopic (exact) mass is 475 g/mol. The number of alkyl halides is 3. The van der Waals surface area contributed by atoms with Crippen LogP contribution < -0.4 is 19.1 Å². The Morgan fingerprint density at radius 1 is 0.941 bits per heavy atom. The lowest BCUT2D eigenvalue weighted by molar-refractivity contribution is -0.137. The van der Waals surface area contributed by atoms with E-state index in [1.165, 1.54) is 38.4 Å². The van der Waals surface area contributed by atoms with E-state index in [2.05, 4.69) is 0 Å². The molecule has 0 saturated carbocycles. The molecule has 1 amide bonds. The topological polar surface area (TPSA) is 65.1 Å². The molecule has 2 aromatic rings. The molecule has 0 spiro atoms. The van der Waals surface area contributed by atoms with Crippen molar-refractivity contribution in [3.8, 4) is 17.2 Å². The Kier molecular flexibility index (Phi) is 6.29. The van der Waals surface area contributed by atoms with Gasteiger partial charge < -0.3 is 14.2 Å². The zero-order valence-corrected chi connectivity index (χ0v) is 19.0. The average Bonchev–Trinajstić information content (AvgIpc) is 2.82. The van der Waals surface area contributed by atoms with Gasteiger partial charge in [0.15, 0.2) is 17.3 Å². The van der Waals surface area contributed by atoms with Crippen LogP contribution in [-0.4, -0.2) is 33.0 Å². The smallest absolute Gasteiger partial charge is 0.416 e. The highest BCUT2D eigenvalue weighted by Gasteiger charge is 2.42. The van der Waals surface area contributed by atoms with Crippen LogP contribution in [0.15, 0.2) is 47.7 Å². The summed E-state index contributed by atoms with van der Waals surface area (Å²) in [5.41, 5.74) is 0.688. The predicted molar refractivity (Wildman–Crippen MR) is 118 cm³/mol. The molecule has 1 aliphatic carbocycles. The molecule has 180 valence electrons. The number of allylic oxidation sites excluding steroid dienone is 2. The second-order valence-electron chi connectivity index (χ2n) is 8.09. The number of hydrogen-bond acceptors (Lipinski definition) is 5. The fraction of sp³-hybridized carbons (Fsp3) is 0.360. The Bertz CT molecular complexity index is 1170. The highest BCUT2D eigenvalue weighted by molar-refractivity contribution is 6.07. The molecule has 9 heteroatoms. The van der Waals surface area contributed by atoms with Gasteiger partial charge in [0.1, 0.15) is 0 Å².